The second-order valence-corrected chi connectivity index (χ2v) is 12.6. The van der Waals surface area contributed by atoms with Gasteiger partial charge in [0.25, 0.3) is 0 Å². The zero-order valence-corrected chi connectivity index (χ0v) is 23.2. The van der Waals surface area contributed by atoms with Crippen molar-refractivity contribution >= 4 is 11.9 Å². The molecule has 204 valence electrons. The lowest BCUT2D eigenvalue weighted by Gasteiger charge is -2.47. The number of piperidine rings is 2. The van der Waals surface area contributed by atoms with Gasteiger partial charge in [-0.1, -0.05) is 34.1 Å². The first-order chi connectivity index (χ1) is 16.1. The van der Waals surface area contributed by atoms with Crippen LogP contribution in [0, 0.1) is 11.8 Å². The highest BCUT2D eigenvalue weighted by Gasteiger charge is 2.44. The maximum Gasteiger partial charge on any atom is 0.306 e. The van der Waals surface area contributed by atoms with Crippen molar-refractivity contribution in [2.24, 2.45) is 11.8 Å². The number of carbonyl (C=O) groups is 2. The Morgan fingerprint density at radius 3 is 1.40 bits per heavy atom. The van der Waals surface area contributed by atoms with E-state index in [2.05, 4.69) is 27.7 Å². The van der Waals surface area contributed by atoms with Crippen LogP contribution in [-0.4, -0.2) is 67.8 Å². The van der Waals surface area contributed by atoms with Crippen LogP contribution in [0.15, 0.2) is 0 Å². The lowest BCUT2D eigenvalue weighted by Crippen LogP contribution is -2.57. The minimum atomic E-state index is -0.434. The zero-order chi connectivity index (χ0) is 26.6. The van der Waals surface area contributed by atoms with E-state index in [0.717, 1.165) is 6.42 Å². The van der Waals surface area contributed by atoms with Gasteiger partial charge < -0.3 is 19.9 Å². The first-order valence-corrected chi connectivity index (χ1v) is 13.5. The smallest absolute Gasteiger partial charge is 0.306 e. The third-order valence-electron chi connectivity index (χ3n) is 7.73. The highest BCUT2D eigenvalue weighted by Crippen LogP contribution is 2.36. The summed E-state index contributed by atoms with van der Waals surface area (Å²) in [5.74, 6) is 0.109. The summed E-state index contributed by atoms with van der Waals surface area (Å²) in [7, 11) is 0. The van der Waals surface area contributed by atoms with Crippen LogP contribution < -0.4 is 0 Å². The maximum atomic E-state index is 12.4. The largest absolute Gasteiger partial charge is 0.462 e. The summed E-state index contributed by atoms with van der Waals surface area (Å²) in [6.07, 6.45) is 4.88. The van der Waals surface area contributed by atoms with Gasteiger partial charge in [0.15, 0.2) is 0 Å². The van der Waals surface area contributed by atoms with Crippen LogP contribution in [0.25, 0.3) is 0 Å². The van der Waals surface area contributed by atoms with Crippen molar-refractivity contribution in [3.63, 3.8) is 0 Å². The van der Waals surface area contributed by atoms with Crippen LogP contribution in [0.5, 0.6) is 0 Å². The van der Waals surface area contributed by atoms with E-state index < -0.39 is 11.1 Å². The zero-order valence-electron chi connectivity index (χ0n) is 23.2. The normalized spacial score (nSPS) is 29.4. The number of esters is 2. The van der Waals surface area contributed by atoms with Crippen LogP contribution in [-0.2, 0) is 19.1 Å². The number of rotatable bonds is 10. The predicted octanol–water partition coefficient (Wildman–Crippen LogP) is 5.34. The molecule has 2 N–H and O–H groups in total. The molecule has 8 heteroatoms. The Morgan fingerprint density at radius 2 is 1.09 bits per heavy atom. The molecule has 35 heavy (non-hydrogen) atoms. The van der Waals surface area contributed by atoms with Gasteiger partial charge in [0.05, 0.1) is 0 Å². The maximum absolute atomic E-state index is 12.4. The monoisotopic (exact) mass is 498 g/mol. The Kier molecular flexibility index (Phi) is 10.6. The molecule has 0 bridgehead atoms. The molecule has 0 radical (unpaired) electrons. The molecule has 2 rings (SSSR count). The average molecular weight is 499 g/mol. The van der Waals surface area contributed by atoms with E-state index >= 15 is 0 Å². The van der Waals surface area contributed by atoms with Gasteiger partial charge in [-0.15, -0.1) is 0 Å². The Labute approximate surface area is 212 Å². The first-order valence-electron chi connectivity index (χ1n) is 13.5. The van der Waals surface area contributed by atoms with Crippen molar-refractivity contribution in [2.45, 2.75) is 149 Å². The van der Waals surface area contributed by atoms with Gasteiger partial charge in [-0.05, 0) is 52.4 Å². The molecule has 0 aromatic rings. The highest BCUT2D eigenvalue weighted by atomic mass is 16.6. The molecule has 0 aromatic carbocycles. The fourth-order valence-corrected chi connectivity index (χ4v) is 5.60. The van der Waals surface area contributed by atoms with E-state index in [9.17, 15) is 20.0 Å². The Morgan fingerprint density at radius 1 is 0.743 bits per heavy atom. The summed E-state index contributed by atoms with van der Waals surface area (Å²) in [6.45, 7) is 16.2. The van der Waals surface area contributed by atoms with E-state index in [1.165, 1.54) is 10.1 Å². The third kappa shape index (κ3) is 8.41. The molecule has 0 aromatic heterocycles. The summed E-state index contributed by atoms with van der Waals surface area (Å²) in [5.41, 5.74) is -0.868. The van der Waals surface area contributed by atoms with Crippen molar-refractivity contribution in [3.05, 3.63) is 0 Å². The van der Waals surface area contributed by atoms with Crippen molar-refractivity contribution in [1.29, 1.82) is 0 Å². The van der Waals surface area contributed by atoms with E-state index in [-0.39, 0.29) is 48.1 Å². The molecule has 0 spiro atoms. The van der Waals surface area contributed by atoms with E-state index in [0.29, 0.717) is 51.4 Å². The quantitative estimate of drug-likeness (QED) is 0.308. The van der Waals surface area contributed by atoms with Gasteiger partial charge in [-0.2, -0.15) is 10.1 Å². The highest BCUT2D eigenvalue weighted by molar-refractivity contribution is 5.70. The standard InChI is InChI=1S/C27H50N2O6/c1-18(2)22-14-20(16-26(5,6)28(22)32)34-24(30)12-10-9-11-13-25(31)35-21-15-23(19(3)4)29(33)27(7,8)17-21/h18-23,32-33H,9-17H2,1-8H3. The summed E-state index contributed by atoms with van der Waals surface area (Å²) < 4.78 is 11.5. The number of hydrogen-bond acceptors (Lipinski definition) is 8. The topological polar surface area (TPSA) is 99.5 Å². The van der Waals surface area contributed by atoms with Crippen molar-refractivity contribution in [3.8, 4) is 0 Å². The Hall–Kier alpha value is -1.22. The van der Waals surface area contributed by atoms with Gasteiger partial charge in [-0.3, -0.25) is 9.59 Å². The fraction of sp³-hybridized carbons (Fsp3) is 0.926. The molecule has 2 heterocycles. The molecule has 4 unspecified atom stereocenters. The molecule has 8 nitrogen and oxygen atoms in total. The van der Waals surface area contributed by atoms with Crippen LogP contribution in [0.2, 0.25) is 0 Å². The van der Waals surface area contributed by atoms with Gasteiger partial charge >= 0.3 is 11.9 Å². The van der Waals surface area contributed by atoms with Crippen LogP contribution in [0.3, 0.4) is 0 Å². The number of carbonyl (C=O) groups excluding carboxylic acids is 2. The summed E-state index contributed by atoms with van der Waals surface area (Å²) in [6, 6.07) is -0.0675. The van der Waals surface area contributed by atoms with Crippen molar-refractivity contribution in [1.82, 2.24) is 10.1 Å². The van der Waals surface area contributed by atoms with Crippen LogP contribution in [0.4, 0.5) is 0 Å². The molecule has 4 atom stereocenters. The molecule has 2 saturated heterocycles. The molecular formula is C27H50N2O6. The van der Waals surface area contributed by atoms with E-state index in [1.807, 2.05) is 27.7 Å². The summed E-state index contributed by atoms with van der Waals surface area (Å²) in [5, 5.41) is 23.8. The molecule has 2 aliphatic heterocycles. The summed E-state index contributed by atoms with van der Waals surface area (Å²) >= 11 is 0. The van der Waals surface area contributed by atoms with Gasteiger partial charge in [0.2, 0.25) is 0 Å². The van der Waals surface area contributed by atoms with Gasteiger partial charge in [0, 0.05) is 61.7 Å². The Bertz CT molecular complexity index is 650. The molecule has 2 aliphatic rings. The first kappa shape index (κ1) is 30.0. The number of ether oxygens (including phenoxy) is 2. The average Bonchev–Trinajstić information content (AvgIpc) is 2.71. The minimum absolute atomic E-state index is 0.0337. The number of unbranched alkanes of at least 4 members (excludes halogenated alkanes) is 2. The minimum Gasteiger partial charge on any atom is -0.462 e. The molecule has 0 amide bonds. The SMILES string of the molecule is CC(C)C1CC(OC(=O)CCCCCC(=O)OC2CC(C(C)C)N(O)C(C)(C)C2)CC(C)(C)N1O. The number of nitrogens with zero attached hydrogens (tertiary/aromatic N) is 2. The molecule has 0 aliphatic carbocycles. The van der Waals surface area contributed by atoms with Gasteiger partial charge in [-0.25, -0.2) is 0 Å². The van der Waals surface area contributed by atoms with Crippen molar-refractivity contribution < 1.29 is 29.5 Å². The van der Waals surface area contributed by atoms with E-state index in [4.69, 9.17) is 9.47 Å². The summed E-state index contributed by atoms with van der Waals surface area (Å²) in [4.78, 5) is 24.8. The lowest BCUT2D eigenvalue weighted by atomic mass is 9.82. The molecular weight excluding hydrogens is 448 g/mol. The van der Waals surface area contributed by atoms with Gasteiger partial charge in [0.1, 0.15) is 12.2 Å². The second-order valence-electron chi connectivity index (χ2n) is 12.6. The van der Waals surface area contributed by atoms with E-state index in [1.54, 1.807) is 0 Å². The van der Waals surface area contributed by atoms with Crippen molar-refractivity contribution in [2.75, 3.05) is 0 Å². The molecule has 2 fully saturated rings. The van der Waals surface area contributed by atoms with Crippen LogP contribution >= 0.6 is 0 Å². The number of hydroxylamine groups is 4. The Balaban J connectivity index is 1.68. The fourth-order valence-electron chi connectivity index (χ4n) is 5.60. The third-order valence-corrected chi connectivity index (χ3v) is 7.73. The second kappa shape index (κ2) is 12.3. The van der Waals surface area contributed by atoms with Crippen LogP contribution in [0.1, 0.15) is 113 Å². The number of hydrogen-bond donors (Lipinski definition) is 2. The predicted molar refractivity (Wildman–Crippen MR) is 134 cm³/mol. The lowest BCUT2D eigenvalue weighted by molar-refractivity contribution is -0.239. The molecule has 0 saturated carbocycles.